The maximum Gasteiger partial charge on any atom is 0.313 e. The first kappa shape index (κ1) is 22.9. The van der Waals surface area contributed by atoms with Crippen LogP contribution in [0.1, 0.15) is 15.9 Å². The number of piperazine rings is 1. The number of rotatable bonds is 6. The zero-order valence-electron chi connectivity index (χ0n) is 17.7. The van der Waals surface area contributed by atoms with E-state index in [0.29, 0.717) is 38.4 Å². The van der Waals surface area contributed by atoms with Gasteiger partial charge in [-0.2, -0.15) is 0 Å². The lowest BCUT2D eigenvalue weighted by Gasteiger charge is -2.34. The minimum absolute atomic E-state index is 0.0813. The molecule has 0 spiro atoms. The molecule has 1 heterocycles. The summed E-state index contributed by atoms with van der Waals surface area (Å²) in [6.07, 6.45) is 0. The molecule has 2 aromatic rings. The minimum Gasteiger partial charge on any atom is -0.347 e. The number of para-hydroxylation sites is 1. The third-order valence-corrected chi connectivity index (χ3v) is 5.22. The van der Waals surface area contributed by atoms with E-state index in [0.717, 1.165) is 5.56 Å². The van der Waals surface area contributed by atoms with Gasteiger partial charge in [-0.15, -0.1) is 0 Å². The summed E-state index contributed by atoms with van der Waals surface area (Å²) in [6, 6.07) is 13.1. The van der Waals surface area contributed by atoms with Gasteiger partial charge in [-0.05, 0) is 25.1 Å². The molecule has 2 N–H and O–H groups in total. The Balaban J connectivity index is 1.41. The Kier molecular flexibility index (Phi) is 7.50. The van der Waals surface area contributed by atoms with Crippen LogP contribution in [0.5, 0.6) is 0 Å². The number of hydrogen-bond donors (Lipinski definition) is 2. The average molecular weight is 439 g/mol. The monoisotopic (exact) mass is 439 g/mol. The molecule has 2 aromatic carbocycles. The van der Waals surface area contributed by atoms with Gasteiger partial charge in [0.1, 0.15) is 5.56 Å². The molecular formula is C22H25N5O5. The van der Waals surface area contributed by atoms with Gasteiger partial charge in [0.15, 0.2) is 0 Å². The molecule has 1 aliphatic rings. The highest BCUT2D eigenvalue weighted by atomic mass is 16.6. The summed E-state index contributed by atoms with van der Waals surface area (Å²) in [5.74, 6) is -1.80. The van der Waals surface area contributed by atoms with E-state index in [4.69, 9.17) is 0 Å². The van der Waals surface area contributed by atoms with Crippen molar-refractivity contribution >= 4 is 29.1 Å². The van der Waals surface area contributed by atoms with Crippen molar-refractivity contribution in [2.75, 3.05) is 44.6 Å². The molecule has 168 valence electrons. The van der Waals surface area contributed by atoms with Crippen LogP contribution in [0.25, 0.3) is 0 Å². The van der Waals surface area contributed by atoms with Gasteiger partial charge in [-0.25, -0.2) is 0 Å². The molecule has 10 nitrogen and oxygen atoms in total. The van der Waals surface area contributed by atoms with Crippen molar-refractivity contribution in [1.29, 1.82) is 0 Å². The first-order chi connectivity index (χ1) is 15.3. The highest BCUT2D eigenvalue weighted by molar-refractivity contribution is 6.39. The lowest BCUT2D eigenvalue weighted by Crippen LogP contribution is -2.50. The van der Waals surface area contributed by atoms with E-state index in [2.05, 4.69) is 15.5 Å². The lowest BCUT2D eigenvalue weighted by molar-refractivity contribution is -0.385. The topological polar surface area (TPSA) is 125 Å². The zero-order valence-corrected chi connectivity index (χ0v) is 17.7. The molecule has 1 saturated heterocycles. The van der Waals surface area contributed by atoms with E-state index < -0.39 is 16.7 Å². The molecule has 0 unspecified atom stereocenters. The molecule has 3 rings (SSSR count). The van der Waals surface area contributed by atoms with Crippen molar-refractivity contribution in [3.63, 3.8) is 0 Å². The van der Waals surface area contributed by atoms with E-state index in [1.54, 1.807) is 23.1 Å². The fourth-order valence-corrected chi connectivity index (χ4v) is 3.39. The molecule has 3 amide bonds. The van der Waals surface area contributed by atoms with Crippen LogP contribution in [0.15, 0.2) is 48.5 Å². The van der Waals surface area contributed by atoms with Crippen LogP contribution in [0.4, 0.5) is 11.4 Å². The van der Waals surface area contributed by atoms with Gasteiger partial charge in [-0.1, -0.05) is 29.8 Å². The summed E-state index contributed by atoms with van der Waals surface area (Å²) in [4.78, 5) is 50.9. The number of amides is 3. The number of carbonyl (C=O) groups is 3. The zero-order chi connectivity index (χ0) is 23.1. The Labute approximate surface area is 185 Å². The van der Waals surface area contributed by atoms with Crippen LogP contribution < -0.4 is 10.6 Å². The minimum atomic E-state index is -0.728. The number of nitrogens with one attached hydrogen (secondary N) is 2. The maximum absolute atomic E-state index is 12.7. The second-order valence-electron chi connectivity index (χ2n) is 7.48. The van der Waals surface area contributed by atoms with Crippen molar-refractivity contribution in [3.8, 4) is 0 Å². The summed E-state index contributed by atoms with van der Waals surface area (Å²) >= 11 is 0. The Morgan fingerprint density at radius 3 is 2.28 bits per heavy atom. The molecule has 0 radical (unpaired) electrons. The predicted octanol–water partition coefficient (Wildman–Crippen LogP) is 1.42. The summed E-state index contributed by atoms with van der Waals surface area (Å²) < 4.78 is 0. The Hall–Kier alpha value is -3.79. The molecule has 0 aromatic heterocycles. The standard InChI is InChI=1S/C22H25N5O5/c1-16-6-8-17(9-7-16)24-21(29)20(28)23-10-11-25-12-14-26(15-13-25)22(30)18-4-2-3-5-19(18)27(31)32/h2-9H,10-15H2,1H3,(H,23,28)(H,24,29). The normalized spacial score (nSPS) is 14.0. The molecule has 0 aliphatic carbocycles. The number of nitrogens with zero attached hydrogens (tertiary/aromatic N) is 3. The van der Waals surface area contributed by atoms with Crippen LogP contribution in [-0.4, -0.2) is 71.7 Å². The fourth-order valence-electron chi connectivity index (χ4n) is 3.39. The first-order valence-corrected chi connectivity index (χ1v) is 10.3. The van der Waals surface area contributed by atoms with Gasteiger partial charge >= 0.3 is 11.8 Å². The summed E-state index contributed by atoms with van der Waals surface area (Å²) in [6.45, 7) is 4.73. The molecular weight excluding hydrogens is 414 g/mol. The summed E-state index contributed by atoms with van der Waals surface area (Å²) in [5.41, 5.74) is 1.48. The Morgan fingerprint density at radius 2 is 1.62 bits per heavy atom. The number of benzene rings is 2. The molecule has 1 fully saturated rings. The first-order valence-electron chi connectivity index (χ1n) is 10.3. The van der Waals surface area contributed by atoms with Gasteiger partial charge < -0.3 is 15.5 Å². The van der Waals surface area contributed by atoms with E-state index >= 15 is 0 Å². The molecule has 10 heteroatoms. The molecule has 0 bridgehead atoms. The highest BCUT2D eigenvalue weighted by Crippen LogP contribution is 2.20. The number of carbonyl (C=O) groups excluding carboxylic acids is 3. The summed E-state index contributed by atoms with van der Waals surface area (Å²) in [7, 11) is 0. The van der Waals surface area contributed by atoms with Gasteiger partial charge in [0, 0.05) is 51.0 Å². The fraction of sp³-hybridized carbons (Fsp3) is 0.318. The molecule has 32 heavy (non-hydrogen) atoms. The van der Waals surface area contributed by atoms with Gasteiger partial charge in [0.2, 0.25) is 0 Å². The van der Waals surface area contributed by atoms with Crippen LogP contribution in [0.3, 0.4) is 0 Å². The SMILES string of the molecule is Cc1ccc(NC(=O)C(=O)NCCN2CCN(C(=O)c3ccccc3[N+](=O)[O-])CC2)cc1. The quantitative estimate of drug-likeness (QED) is 0.398. The maximum atomic E-state index is 12.7. The highest BCUT2D eigenvalue weighted by Gasteiger charge is 2.27. The second kappa shape index (κ2) is 10.5. The van der Waals surface area contributed by atoms with Gasteiger partial charge in [0.25, 0.3) is 11.6 Å². The van der Waals surface area contributed by atoms with Gasteiger partial charge in [-0.3, -0.25) is 29.4 Å². The predicted molar refractivity (Wildman–Crippen MR) is 118 cm³/mol. The molecule has 0 saturated carbocycles. The van der Waals surface area contributed by atoms with E-state index in [9.17, 15) is 24.5 Å². The third-order valence-electron chi connectivity index (χ3n) is 5.22. The van der Waals surface area contributed by atoms with E-state index in [1.165, 1.54) is 18.2 Å². The van der Waals surface area contributed by atoms with Crippen molar-refractivity contribution < 1.29 is 19.3 Å². The summed E-state index contributed by atoms with van der Waals surface area (Å²) in [5, 5.41) is 16.3. The number of nitro groups is 1. The van der Waals surface area contributed by atoms with E-state index in [-0.39, 0.29) is 23.7 Å². The van der Waals surface area contributed by atoms with Crippen LogP contribution >= 0.6 is 0 Å². The molecule has 0 atom stereocenters. The Morgan fingerprint density at radius 1 is 0.969 bits per heavy atom. The van der Waals surface area contributed by atoms with E-state index in [1.807, 2.05) is 19.1 Å². The van der Waals surface area contributed by atoms with Crippen molar-refractivity contribution in [2.45, 2.75) is 6.92 Å². The third kappa shape index (κ3) is 5.88. The van der Waals surface area contributed by atoms with Crippen molar-refractivity contribution in [2.24, 2.45) is 0 Å². The van der Waals surface area contributed by atoms with Crippen LogP contribution in [0.2, 0.25) is 0 Å². The average Bonchev–Trinajstić information content (AvgIpc) is 2.80. The number of nitro benzene ring substituents is 1. The van der Waals surface area contributed by atoms with Crippen molar-refractivity contribution in [1.82, 2.24) is 15.1 Å². The number of aryl methyl sites for hydroxylation is 1. The Bertz CT molecular complexity index is 1000. The van der Waals surface area contributed by atoms with Crippen LogP contribution in [0, 0.1) is 17.0 Å². The molecule has 1 aliphatic heterocycles. The van der Waals surface area contributed by atoms with Gasteiger partial charge in [0.05, 0.1) is 4.92 Å². The second-order valence-corrected chi connectivity index (χ2v) is 7.48. The van der Waals surface area contributed by atoms with Crippen LogP contribution in [-0.2, 0) is 9.59 Å². The largest absolute Gasteiger partial charge is 0.347 e. The smallest absolute Gasteiger partial charge is 0.313 e. The number of hydrogen-bond acceptors (Lipinski definition) is 6. The number of anilines is 1. The lowest BCUT2D eigenvalue weighted by atomic mass is 10.1. The van der Waals surface area contributed by atoms with Crippen molar-refractivity contribution in [3.05, 3.63) is 69.8 Å².